The molecule has 0 saturated heterocycles. The lowest BCUT2D eigenvalue weighted by atomic mass is 9.78. The van der Waals surface area contributed by atoms with Crippen molar-refractivity contribution in [2.45, 2.75) is 31.7 Å². The Balaban J connectivity index is 2.06. The van der Waals surface area contributed by atoms with Gasteiger partial charge >= 0.3 is 0 Å². The Hall–Kier alpha value is -0.640. The highest BCUT2D eigenvalue weighted by Gasteiger charge is 2.26. The molecule has 0 amide bonds. The molecule has 0 aromatic heterocycles. The maximum atomic E-state index is 12.9. The maximum Gasteiger partial charge on any atom is 0.124 e. The van der Waals surface area contributed by atoms with Crippen molar-refractivity contribution in [2.75, 3.05) is 0 Å². The normalized spacial score (nSPS) is 18.2. The van der Waals surface area contributed by atoms with E-state index in [-0.39, 0.29) is 11.9 Å². The van der Waals surface area contributed by atoms with Gasteiger partial charge in [-0.25, -0.2) is 4.39 Å². The van der Waals surface area contributed by atoms with Crippen LogP contribution < -0.4 is 11.3 Å². The first-order valence-corrected chi connectivity index (χ1v) is 5.98. The summed E-state index contributed by atoms with van der Waals surface area (Å²) in [4.78, 5) is 0. The summed E-state index contributed by atoms with van der Waals surface area (Å²) >= 11 is 5.99. The fraction of sp³-hybridized carbons (Fsp3) is 0.500. The van der Waals surface area contributed by atoms with E-state index in [1.165, 1.54) is 31.4 Å². The Morgan fingerprint density at radius 1 is 1.50 bits per heavy atom. The van der Waals surface area contributed by atoms with Gasteiger partial charge in [-0.1, -0.05) is 24.1 Å². The molecular formula is C12H16ClFN2. The van der Waals surface area contributed by atoms with Crippen LogP contribution in [0.1, 0.15) is 24.8 Å². The summed E-state index contributed by atoms with van der Waals surface area (Å²) < 4.78 is 12.9. The van der Waals surface area contributed by atoms with Crippen LogP contribution in [0.4, 0.5) is 4.39 Å². The van der Waals surface area contributed by atoms with Gasteiger partial charge in [-0.2, -0.15) is 0 Å². The molecule has 0 aliphatic heterocycles. The van der Waals surface area contributed by atoms with Crippen molar-refractivity contribution >= 4 is 11.6 Å². The number of nitrogens with one attached hydrogen (secondary N) is 1. The summed E-state index contributed by atoms with van der Waals surface area (Å²) in [6.45, 7) is 0. The first-order valence-electron chi connectivity index (χ1n) is 5.60. The fourth-order valence-corrected chi connectivity index (χ4v) is 2.37. The average molecular weight is 243 g/mol. The summed E-state index contributed by atoms with van der Waals surface area (Å²) in [6, 6.07) is 4.78. The molecule has 1 unspecified atom stereocenters. The highest BCUT2D eigenvalue weighted by Crippen LogP contribution is 2.31. The Labute approximate surface area is 99.9 Å². The van der Waals surface area contributed by atoms with Gasteiger partial charge in [-0.05, 0) is 42.9 Å². The minimum Gasteiger partial charge on any atom is -0.271 e. The number of rotatable bonds is 4. The number of hydrogen-bond donors (Lipinski definition) is 2. The fourth-order valence-electron chi connectivity index (χ4n) is 2.13. The first kappa shape index (κ1) is 11.8. The molecule has 0 spiro atoms. The van der Waals surface area contributed by atoms with E-state index in [0.29, 0.717) is 10.9 Å². The van der Waals surface area contributed by atoms with Crippen LogP contribution in [0.2, 0.25) is 5.02 Å². The highest BCUT2D eigenvalue weighted by atomic mass is 35.5. The Morgan fingerprint density at radius 3 is 2.75 bits per heavy atom. The number of hydrogen-bond acceptors (Lipinski definition) is 2. The van der Waals surface area contributed by atoms with Gasteiger partial charge in [-0.15, -0.1) is 0 Å². The van der Waals surface area contributed by atoms with E-state index in [1.807, 2.05) is 0 Å². The molecule has 1 aliphatic rings. The Morgan fingerprint density at radius 2 is 2.25 bits per heavy atom. The average Bonchev–Trinajstić information content (AvgIpc) is 2.18. The third kappa shape index (κ3) is 2.54. The summed E-state index contributed by atoms with van der Waals surface area (Å²) in [7, 11) is 0. The van der Waals surface area contributed by atoms with Crippen molar-refractivity contribution < 1.29 is 4.39 Å². The summed E-state index contributed by atoms with van der Waals surface area (Å²) in [5.41, 5.74) is 3.80. The molecule has 1 atom stereocenters. The van der Waals surface area contributed by atoms with Crippen molar-refractivity contribution in [1.29, 1.82) is 0 Å². The first-order chi connectivity index (χ1) is 7.70. The van der Waals surface area contributed by atoms with Crippen LogP contribution >= 0.6 is 11.6 Å². The molecule has 1 aromatic carbocycles. The highest BCUT2D eigenvalue weighted by molar-refractivity contribution is 6.31. The lowest BCUT2D eigenvalue weighted by Gasteiger charge is -2.33. The molecule has 0 radical (unpaired) electrons. The lowest BCUT2D eigenvalue weighted by molar-refractivity contribution is 0.228. The number of halogens is 2. The molecule has 1 aromatic rings. The third-order valence-corrected chi connectivity index (χ3v) is 3.74. The van der Waals surface area contributed by atoms with Crippen LogP contribution in [0.15, 0.2) is 18.2 Å². The molecule has 0 bridgehead atoms. The topological polar surface area (TPSA) is 38.0 Å². The van der Waals surface area contributed by atoms with Gasteiger partial charge in [0.1, 0.15) is 5.82 Å². The van der Waals surface area contributed by atoms with E-state index >= 15 is 0 Å². The van der Waals surface area contributed by atoms with Crippen LogP contribution in [0.25, 0.3) is 0 Å². The molecule has 0 heterocycles. The van der Waals surface area contributed by atoms with Gasteiger partial charge in [0.2, 0.25) is 0 Å². The zero-order valence-corrected chi connectivity index (χ0v) is 9.80. The lowest BCUT2D eigenvalue weighted by Crippen LogP contribution is -2.44. The quantitative estimate of drug-likeness (QED) is 0.629. The zero-order valence-electron chi connectivity index (χ0n) is 9.05. The van der Waals surface area contributed by atoms with E-state index in [0.717, 1.165) is 12.0 Å². The third-order valence-electron chi connectivity index (χ3n) is 3.39. The van der Waals surface area contributed by atoms with Gasteiger partial charge in [0.15, 0.2) is 0 Å². The van der Waals surface area contributed by atoms with Crippen molar-refractivity contribution in [1.82, 2.24) is 5.43 Å². The second-order valence-corrected chi connectivity index (χ2v) is 4.81. The number of nitrogens with two attached hydrogens (primary N) is 1. The van der Waals surface area contributed by atoms with E-state index in [1.54, 1.807) is 6.07 Å². The molecule has 4 heteroatoms. The van der Waals surface area contributed by atoms with Gasteiger partial charge in [0.25, 0.3) is 0 Å². The van der Waals surface area contributed by atoms with Crippen LogP contribution in [-0.2, 0) is 6.42 Å². The summed E-state index contributed by atoms with van der Waals surface area (Å²) in [6.07, 6.45) is 4.47. The molecule has 3 N–H and O–H groups in total. The van der Waals surface area contributed by atoms with Crippen molar-refractivity contribution in [2.24, 2.45) is 11.8 Å². The van der Waals surface area contributed by atoms with Crippen LogP contribution in [0.5, 0.6) is 0 Å². The van der Waals surface area contributed by atoms with Gasteiger partial charge < -0.3 is 0 Å². The maximum absolute atomic E-state index is 12.9. The molecule has 1 fully saturated rings. The Bertz CT molecular complexity index is 366. The van der Waals surface area contributed by atoms with Crippen molar-refractivity contribution in [3.63, 3.8) is 0 Å². The largest absolute Gasteiger partial charge is 0.271 e. The van der Waals surface area contributed by atoms with Gasteiger partial charge in [-0.3, -0.25) is 11.3 Å². The minimum absolute atomic E-state index is 0.247. The predicted octanol–water partition coefficient (Wildman–Crippen LogP) is 2.65. The second-order valence-electron chi connectivity index (χ2n) is 4.40. The van der Waals surface area contributed by atoms with Crippen molar-refractivity contribution in [3.05, 3.63) is 34.6 Å². The SMILES string of the molecule is NNC(Cc1ccc(F)cc1Cl)C1CCC1. The Kier molecular flexibility index (Phi) is 3.79. The molecule has 1 saturated carbocycles. The van der Waals surface area contributed by atoms with Gasteiger partial charge in [0, 0.05) is 11.1 Å². The summed E-state index contributed by atoms with van der Waals surface area (Å²) in [5.74, 6) is 5.88. The smallest absolute Gasteiger partial charge is 0.124 e. The monoisotopic (exact) mass is 242 g/mol. The molecule has 2 rings (SSSR count). The molecule has 88 valence electrons. The molecule has 1 aliphatic carbocycles. The van der Waals surface area contributed by atoms with Crippen LogP contribution in [-0.4, -0.2) is 6.04 Å². The molecule has 2 nitrogen and oxygen atoms in total. The van der Waals surface area contributed by atoms with E-state index in [2.05, 4.69) is 5.43 Å². The zero-order chi connectivity index (χ0) is 11.5. The van der Waals surface area contributed by atoms with Crippen molar-refractivity contribution in [3.8, 4) is 0 Å². The van der Waals surface area contributed by atoms with E-state index < -0.39 is 0 Å². The minimum atomic E-state index is -0.297. The number of hydrazine groups is 1. The second kappa shape index (κ2) is 5.13. The standard InChI is InChI=1S/C12H16ClFN2/c13-11-7-10(14)5-4-9(11)6-12(16-15)8-2-1-3-8/h4-5,7-8,12,16H,1-3,6,15H2. The predicted molar refractivity (Wildman–Crippen MR) is 63.6 cm³/mol. The van der Waals surface area contributed by atoms with E-state index in [4.69, 9.17) is 17.4 Å². The number of benzene rings is 1. The molecular weight excluding hydrogens is 227 g/mol. The van der Waals surface area contributed by atoms with Crippen LogP contribution in [0.3, 0.4) is 0 Å². The molecule has 16 heavy (non-hydrogen) atoms. The van der Waals surface area contributed by atoms with Crippen LogP contribution in [0, 0.1) is 11.7 Å². The van der Waals surface area contributed by atoms with E-state index in [9.17, 15) is 4.39 Å². The van der Waals surface area contributed by atoms with Gasteiger partial charge in [0.05, 0.1) is 0 Å². The summed E-state index contributed by atoms with van der Waals surface area (Å²) in [5, 5.41) is 0.486.